The average molecular weight is 517 g/mol. The number of rotatable bonds is 6. The Balaban J connectivity index is 1.14. The Morgan fingerprint density at radius 1 is 1.09 bits per heavy atom. The van der Waals surface area contributed by atoms with E-state index in [4.69, 9.17) is 16.3 Å². The number of thioether (sulfide) groups is 1. The Morgan fingerprint density at radius 2 is 1.77 bits per heavy atom. The van der Waals surface area contributed by atoms with Gasteiger partial charge in [0.25, 0.3) is 5.91 Å². The van der Waals surface area contributed by atoms with Crippen LogP contribution in [0.25, 0.3) is 0 Å². The summed E-state index contributed by atoms with van der Waals surface area (Å²) in [5.74, 6) is 3.34. The van der Waals surface area contributed by atoms with Crippen LogP contribution in [0, 0.1) is 35.0 Å². The zero-order chi connectivity index (χ0) is 24.5. The molecule has 1 aliphatic heterocycles. The van der Waals surface area contributed by atoms with E-state index in [1.807, 2.05) is 12.1 Å². The van der Waals surface area contributed by atoms with E-state index < -0.39 is 4.87 Å². The van der Waals surface area contributed by atoms with E-state index in [0.717, 1.165) is 50.2 Å². The van der Waals surface area contributed by atoms with Gasteiger partial charge < -0.3 is 10.1 Å². The van der Waals surface area contributed by atoms with Crippen molar-refractivity contribution in [2.75, 3.05) is 26.5 Å². The van der Waals surface area contributed by atoms with Crippen molar-refractivity contribution in [2.45, 2.75) is 62.3 Å². The van der Waals surface area contributed by atoms with Gasteiger partial charge in [-0.05, 0) is 105 Å². The van der Waals surface area contributed by atoms with E-state index in [-0.39, 0.29) is 23.3 Å². The van der Waals surface area contributed by atoms with Crippen LogP contribution in [-0.2, 0) is 14.3 Å². The summed E-state index contributed by atoms with van der Waals surface area (Å²) < 4.78 is 5.22. The number of nitrogens with one attached hydrogen (secondary N) is 1. The summed E-state index contributed by atoms with van der Waals surface area (Å²) in [7, 11) is 1.52. The third kappa shape index (κ3) is 3.76. The van der Waals surface area contributed by atoms with Crippen molar-refractivity contribution in [1.82, 2.24) is 10.2 Å². The molecule has 6 aliphatic rings. The lowest BCUT2D eigenvalue weighted by molar-refractivity contribution is -0.171. The molecular formula is C28H37ClN2O3S. The van der Waals surface area contributed by atoms with Crippen LogP contribution in [0.4, 0.5) is 0 Å². The second-order valence-corrected chi connectivity index (χ2v) is 13.8. The van der Waals surface area contributed by atoms with Gasteiger partial charge in [-0.15, -0.1) is 11.8 Å². The van der Waals surface area contributed by atoms with E-state index in [0.29, 0.717) is 35.5 Å². The maximum Gasteiger partial charge on any atom is 0.311 e. The molecule has 3 unspecified atom stereocenters. The SMILES string of the molecule is COC(=O)C12CC3CC(C1)C(NC(=O)C(C)(SC)N1C[C@@H]4C[C@@H](c5ccc(Cl)cc5)[C@@H]4C1)C(C3)C2. The van der Waals surface area contributed by atoms with Gasteiger partial charge in [-0.2, -0.15) is 0 Å². The molecule has 1 amide bonds. The van der Waals surface area contributed by atoms with Gasteiger partial charge in [0.2, 0.25) is 0 Å². The fourth-order valence-corrected chi connectivity index (χ4v) is 9.50. The molecule has 6 fully saturated rings. The highest BCUT2D eigenvalue weighted by atomic mass is 35.5. The van der Waals surface area contributed by atoms with Crippen molar-refractivity contribution < 1.29 is 14.3 Å². The van der Waals surface area contributed by atoms with Crippen molar-refractivity contribution in [3.05, 3.63) is 34.9 Å². The van der Waals surface area contributed by atoms with Crippen LogP contribution in [0.15, 0.2) is 24.3 Å². The van der Waals surface area contributed by atoms with Gasteiger partial charge >= 0.3 is 5.97 Å². The van der Waals surface area contributed by atoms with Crippen molar-refractivity contribution in [3.63, 3.8) is 0 Å². The zero-order valence-corrected chi connectivity index (χ0v) is 22.5. The van der Waals surface area contributed by atoms with Crippen molar-refractivity contribution >= 4 is 35.2 Å². The second kappa shape index (κ2) is 8.66. The first-order chi connectivity index (χ1) is 16.8. The lowest BCUT2D eigenvalue weighted by Gasteiger charge is -2.59. The predicted molar refractivity (Wildman–Crippen MR) is 139 cm³/mol. The molecule has 5 nitrogen and oxygen atoms in total. The number of methoxy groups -OCH3 is 1. The minimum absolute atomic E-state index is 0.0292. The first kappa shape index (κ1) is 24.1. The summed E-state index contributed by atoms with van der Waals surface area (Å²) in [6.07, 6.45) is 8.23. The van der Waals surface area contributed by atoms with Crippen LogP contribution >= 0.6 is 23.4 Å². The van der Waals surface area contributed by atoms with Crippen molar-refractivity contribution in [3.8, 4) is 0 Å². The summed E-state index contributed by atoms with van der Waals surface area (Å²) in [5.41, 5.74) is 1.07. The van der Waals surface area contributed by atoms with E-state index in [1.54, 1.807) is 11.8 Å². The van der Waals surface area contributed by atoms with E-state index in [2.05, 4.69) is 35.5 Å². The number of halogens is 1. The van der Waals surface area contributed by atoms with Crippen LogP contribution in [0.1, 0.15) is 56.9 Å². The maximum absolute atomic E-state index is 13.9. The summed E-state index contributed by atoms with van der Waals surface area (Å²) in [5, 5.41) is 4.32. The Bertz CT molecular complexity index is 1000. The van der Waals surface area contributed by atoms with Crippen molar-refractivity contribution in [2.24, 2.45) is 35.0 Å². The number of hydrogen-bond donors (Lipinski definition) is 1. The number of benzene rings is 1. The molecule has 4 bridgehead atoms. The summed E-state index contributed by atoms with van der Waals surface area (Å²) >= 11 is 7.77. The number of esters is 1. The zero-order valence-electron chi connectivity index (χ0n) is 21.0. The molecule has 1 saturated heterocycles. The highest BCUT2D eigenvalue weighted by Gasteiger charge is 2.60. The van der Waals surface area contributed by atoms with Gasteiger partial charge in [0.15, 0.2) is 0 Å². The molecule has 35 heavy (non-hydrogen) atoms. The molecule has 190 valence electrons. The molecule has 0 aromatic heterocycles. The van der Waals surface area contributed by atoms with E-state index in [1.165, 1.54) is 19.1 Å². The number of amides is 1. The molecular weight excluding hydrogens is 480 g/mol. The third-order valence-corrected chi connectivity index (χ3v) is 12.0. The predicted octanol–water partition coefficient (Wildman–Crippen LogP) is 4.94. The molecule has 6 atom stereocenters. The molecule has 1 aromatic carbocycles. The molecule has 5 aliphatic carbocycles. The first-order valence-corrected chi connectivity index (χ1v) is 14.8. The van der Waals surface area contributed by atoms with Crippen LogP contribution in [-0.4, -0.2) is 54.1 Å². The molecule has 0 radical (unpaired) electrons. The van der Waals surface area contributed by atoms with Gasteiger partial charge in [0.05, 0.1) is 12.5 Å². The topological polar surface area (TPSA) is 58.6 Å². The Kier molecular flexibility index (Phi) is 5.97. The van der Waals surface area contributed by atoms with E-state index >= 15 is 0 Å². The average Bonchev–Trinajstić information content (AvgIpc) is 3.17. The Labute approximate surface area is 218 Å². The first-order valence-electron chi connectivity index (χ1n) is 13.2. The van der Waals surface area contributed by atoms with Crippen LogP contribution < -0.4 is 5.32 Å². The minimum atomic E-state index is -0.573. The molecule has 1 heterocycles. The molecule has 0 spiro atoms. The standard InChI is InChI=1S/C28H37ClN2O3S/c1-27(35-3,31-14-20-10-22(23(20)15-31)17-4-6-21(29)7-5-17)25(32)30-24-18-8-16-9-19(24)13-28(11-16,12-18)26(33)34-2/h4-7,16,18-20,22-24H,8-15H2,1-3H3,(H,30,32)/t16?,18?,19?,20-,22-,23+,24?,27?,28?/m0/s1. The number of ether oxygens (including phenoxy) is 1. The lowest BCUT2D eigenvalue weighted by atomic mass is 9.48. The number of carbonyl (C=O) groups is 2. The maximum atomic E-state index is 13.9. The van der Waals surface area contributed by atoms with Crippen LogP contribution in [0.2, 0.25) is 5.02 Å². The van der Waals surface area contributed by atoms with Crippen LogP contribution in [0.5, 0.6) is 0 Å². The van der Waals surface area contributed by atoms with Crippen molar-refractivity contribution in [1.29, 1.82) is 0 Å². The lowest BCUT2D eigenvalue weighted by Crippen LogP contribution is -2.64. The molecule has 7 rings (SSSR count). The van der Waals surface area contributed by atoms with Gasteiger partial charge in [0, 0.05) is 24.2 Å². The molecule has 1 aromatic rings. The Hall–Kier alpha value is -1.24. The smallest absolute Gasteiger partial charge is 0.311 e. The van der Waals surface area contributed by atoms with Gasteiger partial charge in [-0.3, -0.25) is 14.5 Å². The summed E-state index contributed by atoms with van der Waals surface area (Å²) in [6, 6.07) is 8.50. The number of fused-ring (bicyclic) bond motifs is 1. The molecule has 7 heteroatoms. The van der Waals surface area contributed by atoms with E-state index in [9.17, 15) is 9.59 Å². The quantitative estimate of drug-likeness (QED) is 0.543. The monoisotopic (exact) mass is 516 g/mol. The van der Waals surface area contributed by atoms with Gasteiger partial charge in [0.1, 0.15) is 4.87 Å². The third-order valence-electron chi connectivity index (χ3n) is 10.5. The highest BCUT2D eigenvalue weighted by molar-refractivity contribution is 8.00. The summed E-state index contributed by atoms with van der Waals surface area (Å²) in [4.78, 5) is 28.4. The fraction of sp³-hybridized carbons (Fsp3) is 0.714. The molecule has 5 saturated carbocycles. The number of hydrogen-bond acceptors (Lipinski definition) is 5. The number of likely N-dealkylation sites (tertiary alicyclic amines) is 1. The fourth-order valence-electron chi connectivity index (χ4n) is 8.73. The van der Waals surface area contributed by atoms with Gasteiger partial charge in [-0.25, -0.2) is 0 Å². The second-order valence-electron chi connectivity index (χ2n) is 12.2. The normalized spacial score (nSPS) is 41.1. The number of carbonyl (C=O) groups excluding carboxylic acids is 2. The van der Waals surface area contributed by atoms with Gasteiger partial charge in [-0.1, -0.05) is 23.7 Å². The summed E-state index contributed by atoms with van der Waals surface area (Å²) in [6.45, 7) is 4.07. The minimum Gasteiger partial charge on any atom is -0.469 e. The molecule has 1 N–H and O–H groups in total. The van der Waals surface area contributed by atoms with Crippen LogP contribution in [0.3, 0.4) is 0 Å². The number of nitrogens with zero attached hydrogens (tertiary/aromatic N) is 1. The highest BCUT2D eigenvalue weighted by Crippen LogP contribution is 2.60. The Morgan fingerprint density at radius 3 is 2.40 bits per heavy atom. The largest absolute Gasteiger partial charge is 0.469 e.